The van der Waals surface area contributed by atoms with Gasteiger partial charge in [-0.05, 0) is 24.1 Å². The number of hydrogen-bond donors (Lipinski definition) is 3. The summed E-state index contributed by atoms with van der Waals surface area (Å²) in [6.45, 7) is 2.33. The van der Waals surface area contributed by atoms with E-state index in [1.165, 1.54) is 19.1 Å². The highest BCUT2D eigenvalue weighted by atomic mass is 35.5. The van der Waals surface area contributed by atoms with E-state index in [2.05, 4.69) is 5.32 Å². The molecular weight excluding hydrogens is 349 g/mol. The fourth-order valence-electron chi connectivity index (χ4n) is 1.88. The molecule has 0 aliphatic carbocycles. The Hall–Kier alpha value is -1.80. The van der Waals surface area contributed by atoms with E-state index in [1.807, 2.05) is 0 Å². The van der Waals surface area contributed by atoms with Crippen molar-refractivity contribution >= 4 is 29.2 Å². The normalized spacial score (nSPS) is 15.5. The number of hydrogen-bond acceptors (Lipinski definition) is 3. The van der Waals surface area contributed by atoms with Crippen molar-refractivity contribution in [1.82, 2.24) is 0 Å². The van der Waals surface area contributed by atoms with Crippen LogP contribution in [0, 0.1) is 11.8 Å². The lowest BCUT2D eigenvalue weighted by Crippen LogP contribution is -2.46. The zero-order valence-corrected chi connectivity index (χ0v) is 13.8. The number of carboxylic acids is 1. The Morgan fingerprint density at radius 2 is 1.92 bits per heavy atom. The van der Waals surface area contributed by atoms with Gasteiger partial charge in [-0.15, -0.1) is 0 Å². The van der Waals surface area contributed by atoms with Gasteiger partial charge in [0.25, 0.3) is 0 Å². The van der Waals surface area contributed by atoms with Crippen LogP contribution in [0.4, 0.5) is 18.9 Å². The summed E-state index contributed by atoms with van der Waals surface area (Å²) in [4.78, 5) is 22.8. The molecule has 3 atom stereocenters. The van der Waals surface area contributed by atoms with Crippen molar-refractivity contribution in [2.75, 3.05) is 5.32 Å². The second-order valence-corrected chi connectivity index (χ2v) is 6.01. The van der Waals surface area contributed by atoms with E-state index in [9.17, 15) is 22.8 Å². The molecule has 24 heavy (non-hydrogen) atoms. The maximum absolute atomic E-state index is 12.6. The minimum Gasteiger partial charge on any atom is -0.481 e. The van der Waals surface area contributed by atoms with Crippen LogP contribution in [0.3, 0.4) is 0 Å². The highest BCUT2D eigenvalue weighted by Gasteiger charge is 2.42. The summed E-state index contributed by atoms with van der Waals surface area (Å²) in [7, 11) is 0. The SMILES string of the molecule is CC([C@H](N)C(=O)Nc1cc(C[C@H](C)C(=O)O)ccc1Cl)C(F)(F)F. The fraction of sp³-hybridized carbons (Fsp3) is 0.467. The number of nitrogens with two attached hydrogens (primary N) is 1. The third kappa shape index (κ3) is 5.38. The van der Waals surface area contributed by atoms with Crippen molar-refractivity contribution in [3.63, 3.8) is 0 Å². The van der Waals surface area contributed by atoms with Crippen LogP contribution in [-0.2, 0) is 16.0 Å². The predicted molar refractivity (Wildman–Crippen MR) is 83.8 cm³/mol. The number of anilines is 1. The molecular formula is C15H18ClF3N2O3. The Bertz CT molecular complexity index is 622. The standard InChI is InChI=1S/C15H18ClF3N2O3/c1-7(14(23)24)5-9-3-4-10(16)11(6-9)21-13(22)12(20)8(2)15(17,18)19/h3-4,6-8,12H,5,20H2,1-2H3,(H,21,22)(H,23,24)/t7-,8?,12-/m0/s1. The van der Waals surface area contributed by atoms with Crippen molar-refractivity contribution in [3.8, 4) is 0 Å². The van der Waals surface area contributed by atoms with Gasteiger partial charge in [-0.25, -0.2) is 0 Å². The van der Waals surface area contributed by atoms with Crippen LogP contribution in [-0.4, -0.2) is 29.2 Å². The summed E-state index contributed by atoms with van der Waals surface area (Å²) in [5.41, 5.74) is 6.01. The van der Waals surface area contributed by atoms with E-state index in [-0.39, 0.29) is 17.1 Å². The van der Waals surface area contributed by atoms with E-state index in [0.717, 1.165) is 6.92 Å². The molecule has 0 fully saturated rings. The van der Waals surface area contributed by atoms with E-state index in [0.29, 0.717) is 5.56 Å². The largest absolute Gasteiger partial charge is 0.481 e. The van der Waals surface area contributed by atoms with Gasteiger partial charge in [0, 0.05) is 0 Å². The van der Waals surface area contributed by atoms with E-state index >= 15 is 0 Å². The van der Waals surface area contributed by atoms with Gasteiger partial charge in [0.1, 0.15) is 0 Å². The number of halogens is 4. The lowest BCUT2D eigenvalue weighted by Gasteiger charge is -2.22. The molecule has 0 bridgehead atoms. The Morgan fingerprint density at radius 1 is 1.33 bits per heavy atom. The number of nitrogens with one attached hydrogen (secondary N) is 1. The zero-order valence-electron chi connectivity index (χ0n) is 13.0. The number of carbonyl (C=O) groups is 2. The van der Waals surface area contributed by atoms with Gasteiger partial charge >= 0.3 is 12.1 Å². The lowest BCUT2D eigenvalue weighted by molar-refractivity contribution is -0.176. The minimum atomic E-state index is -4.60. The highest BCUT2D eigenvalue weighted by Crippen LogP contribution is 2.29. The summed E-state index contributed by atoms with van der Waals surface area (Å²) in [6.07, 6.45) is -4.42. The number of rotatable bonds is 6. The summed E-state index contributed by atoms with van der Waals surface area (Å²) in [5.74, 6) is -4.70. The van der Waals surface area contributed by atoms with Crippen LogP contribution in [0.2, 0.25) is 5.02 Å². The number of aliphatic carboxylic acids is 1. The molecule has 5 nitrogen and oxygen atoms in total. The van der Waals surface area contributed by atoms with E-state index in [1.54, 1.807) is 6.07 Å². The van der Waals surface area contributed by atoms with Crippen molar-refractivity contribution in [1.29, 1.82) is 0 Å². The van der Waals surface area contributed by atoms with Crippen LogP contribution in [0.1, 0.15) is 19.4 Å². The van der Waals surface area contributed by atoms with Crippen molar-refractivity contribution in [2.45, 2.75) is 32.5 Å². The number of carboxylic acid groups (broad SMARTS) is 1. The number of carbonyl (C=O) groups excluding carboxylic acids is 1. The second-order valence-electron chi connectivity index (χ2n) is 5.60. The molecule has 1 unspecified atom stereocenters. The first-order valence-corrected chi connectivity index (χ1v) is 7.45. The second kappa shape index (κ2) is 7.85. The minimum absolute atomic E-state index is 0.0848. The Labute approximate surface area is 142 Å². The maximum atomic E-state index is 12.6. The van der Waals surface area contributed by atoms with Gasteiger partial charge in [-0.2, -0.15) is 13.2 Å². The fourth-order valence-corrected chi connectivity index (χ4v) is 2.05. The van der Waals surface area contributed by atoms with Crippen molar-refractivity contribution in [3.05, 3.63) is 28.8 Å². The monoisotopic (exact) mass is 366 g/mol. The topological polar surface area (TPSA) is 92.4 Å². The molecule has 0 aromatic heterocycles. The van der Waals surface area contributed by atoms with Gasteiger partial charge in [-0.3, -0.25) is 9.59 Å². The Morgan fingerprint density at radius 3 is 2.42 bits per heavy atom. The van der Waals surface area contributed by atoms with E-state index < -0.39 is 35.9 Å². The predicted octanol–water partition coefficient (Wildman–Crippen LogP) is 3.07. The first-order chi connectivity index (χ1) is 10.9. The molecule has 0 radical (unpaired) electrons. The summed E-state index contributed by atoms with van der Waals surface area (Å²) in [6, 6.07) is 2.64. The van der Waals surface area contributed by atoms with E-state index in [4.69, 9.17) is 22.4 Å². The van der Waals surface area contributed by atoms with Crippen LogP contribution >= 0.6 is 11.6 Å². The summed E-state index contributed by atoms with van der Waals surface area (Å²) >= 11 is 5.92. The van der Waals surface area contributed by atoms with Crippen molar-refractivity contribution < 1.29 is 27.9 Å². The van der Waals surface area contributed by atoms with Crippen LogP contribution < -0.4 is 11.1 Å². The Balaban J connectivity index is 2.90. The molecule has 0 aliphatic heterocycles. The zero-order chi connectivity index (χ0) is 18.7. The lowest BCUT2D eigenvalue weighted by atomic mass is 10.00. The van der Waals surface area contributed by atoms with Gasteiger partial charge < -0.3 is 16.2 Å². The molecule has 0 aliphatic rings. The molecule has 1 amide bonds. The molecule has 0 spiro atoms. The quantitative estimate of drug-likeness (QED) is 0.721. The number of alkyl halides is 3. The van der Waals surface area contributed by atoms with Crippen LogP contribution in [0.5, 0.6) is 0 Å². The van der Waals surface area contributed by atoms with Gasteiger partial charge in [0.2, 0.25) is 5.91 Å². The van der Waals surface area contributed by atoms with Gasteiger partial charge in [-0.1, -0.05) is 31.5 Å². The molecule has 0 saturated carbocycles. The first-order valence-electron chi connectivity index (χ1n) is 7.08. The first kappa shape index (κ1) is 20.2. The molecule has 134 valence electrons. The summed E-state index contributed by atoms with van der Waals surface area (Å²) < 4.78 is 37.9. The molecule has 0 saturated heterocycles. The highest BCUT2D eigenvalue weighted by molar-refractivity contribution is 6.33. The molecule has 4 N–H and O–H groups in total. The number of amides is 1. The number of benzene rings is 1. The third-order valence-electron chi connectivity index (χ3n) is 3.61. The maximum Gasteiger partial charge on any atom is 0.393 e. The summed E-state index contributed by atoms with van der Waals surface area (Å²) in [5, 5.41) is 11.3. The van der Waals surface area contributed by atoms with Crippen LogP contribution in [0.15, 0.2) is 18.2 Å². The average molecular weight is 367 g/mol. The molecule has 0 heterocycles. The Kier molecular flexibility index (Phi) is 6.62. The molecule has 9 heteroatoms. The van der Waals surface area contributed by atoms with Gasteiger partial charge in [0.05, 0.1) is 28.6 Å². The molecule has 1 aromatic rings. The smallest absolute Gasteiger partial charge is 0.393 e. The molecule has 1 aromatic carbocycles. The van der Waals surface area contributed by atoms with Crippen LogP contribution in [0.25, 0.3) is 0 Å². The van der Waals surface area contributed by atoms with Crippen molar-refractivity contribution in [2.24, 2.45) is 17.6 Å². The third-order valence-corrected chi connectivity index (χ3v) is 3.94. The average Bonchev–Trinajstić information content (AvgIpc) is 2.47. The molecule has 1 rings (SSSR count). The van der Waals surface area contributed by atoms with Gasteiger partial charge in [0.15, 0.2) is 0 Å².